The van der Waals surface area contributed by atoms with E-state index >= 15 is 0 Å². The number of aromatic nitrogens is 4. The summed E-state index contributed by atoms with van der Waals surface area (Å²) in [5.41, 5.74) is 2.62. The van der Waals surface area contributed by atoms with Crippen molar-refractivity contribution in [3.63, 3.8) is 0 Å². The van der Waals surface area contributed by atoms with Crippen LogP contribution in [0.2, 0.25) is 0 Å². The number of hydrogen-bond acceptors (Lipinski definition) is 5. The van der Waals surface area contributed by atoms with Crippen LogP contribution in [-0.2, 0) is 26.8 Å². The van der Waals surface area contributed by atoms with Crippen LogP contribution in [0.4, 0.5) is 0 Å². The zero-order valence-electron chi connectivity index (χ0n) is 15.3. The lowest BCUT2D eigenvalue weighted by Crippen LogP contribution is -2.48. The van der Waals surface area contributed by atoms with E-state index in [2.05, 4.69) is 16.4 Å². The molecule has 1 spiro atoms. The first-order valence-electron chi connectivity index (χ1n) is 9.36. The predicted octanol–water partition coefficient (Wildman–Crippen LogP) is 1.85. The molecule has 0 bridgehead atoms. The highest BCUT2D eigenvalue weighted by Crippen LogP contribution is 2.41. The summed E-state index contributed by atoms with van der Waals surface area (Å²) in [6.45, 7) is 1.41. The van der Waals surface area contributed by atoms with Gasteiger partial charge in [0.15, 0.2) is 0 Å². The molecule has 2 aliphatic rings. The molecule has 0 radical (unpaired) electrons. The molecule has 146 valence electrons. The maximum Gasteiger partial charge on any atom is 0.246 e. The van der Waals surface area contributed by atoms with Gasteiger partial charge in [-0.25, -0.2) is 13.1 Å². The SMILES string of the molecule is O=S(=O)(c1cn[nH]c1)N1CCC2(CC1)OCCc1cn(-c3ccccc3)nc12. The van der Waals surface area contributed by atoms with Crippen LogP contribution in [0.1, 0.15) is 24.1 Å². The minimum atomic E-state index is -3.53. The zero-order valence-corrected chi connectivity index (χ0v) is 16.1. The van der Waals surface area contributed by atoms with E-state index in [1.807, 2.05) is 35.0 Å². The number of benzene rings is 1. The smallest absolute Gasteiger partial charge is 0.246 e. The van der Waals surface area contributed by atoms with Gasteiger partial charge in [-0.15, -0.1) is 0 Å². The number of nitrogens with one attached hydrogen (secondary N) is 1. The summed E-state index contributed by atoms with van der Waals surface area (Å²) in [5, 5.41) is 11.2. The molecule has 0 atom stereocenters. The van der Waals surface area contributed by atoms with Crippen LogP contribution in [0.5, 0.6) is 0 Å². The van der Waals surface area contributed by atoms with E-state index in [0.717, 1.165) is 17.8 Å². The van der Waals surface area contributed by atoms with Gasteiger partial charge in [-0.3, -0.25) is 5.10 Å². The third kappa shape index (κ3) is 2.78. The van der Waals surface area contributed by atoms with Crippen molar-refractivity contribution in [1.82, 2.24) is 24.3 Å². The Morgan fingerprint density at radius 1 is 1.14 bits per heavy atom. The lowest BCUT2D eigenvalue weighted by Gasteiger charge is -2.42. The molecule has 1 N–H and O–H groups in total. The minimum absolute atomic E-state index is 0.196. The Morgan fingerprint density at radius 3 is 2.64 bits per heavy atom. The molecule has 0 unspecified atom stereocenters. The molecule has 1 aromatic carbocycles. The van der Waals surface area contributed by atoms with Crippen molar-refractivity contribution < 1.29 is 13.2 Å². The van der Waals surface area contributed by atoms with Crippen LogP contribution in [0.15, 0.2) is 53.8 Å². The van der Waals surface area contributed by atoms with Crippen LogP contribution >= 0.6 is 0 Å². The first-order chi connectivity index (χ1) is 13.6. The Hall–Kier alpha value is -2.49. The van der Waals surface area contributed by atoms with Crippen LogP contribution in [0, 0.1) is 0 Å². The first kappa shape index (κ1) is 17.6. The summed E-state index contributed by atoms with van der Waals surface area (Å²) in [5.74, 6) is 0. The number of para-hydroxylation sites is 1. The fraction of sp³-hybridized carbons (Fsp3) is 0.368. The summed E-state index contributed by atoms with van der Waals surface area (Å²) in [6.07, 6.45) is 6.82. The topological polar surface area (TPSA) is 93.1 Å². The largest absolute Gasteiger partial charge is 0.368 e. The highest BCUT2D eigenvalue weighted by molar-refractivity contribution is 7.89. The zero-order chi connectivity index (χ0) is 19.2. The lowest BCUT2D eigenvalue weighted by molar-refractivity contribution is -0.0921. The number of hydrogen-bond donors (Lipinski definition) is 1. The maximum absolute atomic E-state index is 12.8. The average Bonchev–Trinajstić information content (AvgIpc) is 3.40. The highest BCUT2D eigenvalue weighted by atomic mass is 32.2. The standard InChI is InChI=1S/C19H21N5O3S/c25-28(26,17-12-20-21-13-17)23-9-7-19(8-10-23)18-15(6-11-27-19)14-24(22-18)16-4-2-1-3-5-16/h1-5,12-14H,6-11H2,(H,20,21). The third-order valence-electron chi connectivity index (χ3n) is 5.63. The van der Waals surface area contributed by atoms with Crippen molar-refractivity contribution in [2.24, 2.45) is 0 Å². The van der Waals surface area contributed by atoms with Gasteiger partial charge in [0.2, 0.25) is 10.0 Å². The quantitative estimate of drug-likeness (QED) is 0.726. The average molecular weight is 399 g/mol. The molecule has 0 amide bonds. The van der Waals surface area contributed by atoms with Gasteiger partial charge in [0, 0.05) is 25.5 Å². The summed E-state index contributed by atoms with van der Waals surface area (Å²) in [7, 11) is -3.53. The lowest BCUT2D eigenvalue weighted by atomic mass is 9.84. The van der Waals surface area contributed by atoms with E-state index in [0.29, 0.717) is 32.5 Å². The fourth-order valence-electron chi connectivity index (χ4n) is 4.11. The Balaban J connectivity index is 1.42. The van der Waals surface area contributed by atoms with E-state index in [1.54, 1.807) is 0 Å². The van der Waals surface area contributed by atoms with E-state index in [9.17, 15) is 8.42 Å². The summed E-state index contributed by atoms with van der Waals surface area (Å²) in [4.78, 5) is 0.196. The van der Waals surface area contributed by atoms with Gasteiger partial charge in [-0.05, 0) is 37.0 Å². The Bertz CT molecular complexity index is 1070. The third-order valence-corrected chi connectivity index (χ3v) is 7.50. The summed E-state index contributed by atoms with van der Waals surface area (Å²) in [6, 6.07) is 9.99. The summed E-state index contributed by atoms with van der Waals surface area (Å²) < 4.78 is 35.1. The molecule has 5 rings (SSSR count). The van der Waals surface area contributed by atoms with Gasteiger partial charge in [0.1, 0.15) is 10.5 Å². The molecule has 1 saturated heterocycles. The molecule has 0 saturated carbocycles. The Morgan fingerprint density at radius 2 is 1.93 bits per heavy atom. The van der Waals surface area contributed by atoms with E-state index in [-0.39, 0.29) is 4.90 Å². The summed E-state index contributed by atoms with van der Waals surface area (Å²) >= 11 is 0. The molecule has 8 nitrogen and oxygen atoms in total. The van der Waals surface area contributed by atoms with E-state index in [4.69, 9.17) is 9.84 Å². The van der Waals surface area contributed by atoms with Gasteiger partial charge in [-0.2, -0.15) is 14.5 Å². The number of ether oxygens (including phenoxy) is 1. The molecule has 2 aliphatic heterocycles. The maximum atomic E-state index is 12.8. The fourth-order valence-corrected chi connectivity index (χ4v) is 5.46. The van der Waals surface area contributed by atoms with Crippen LogP contribution in [0.3, 0.4) is 0 Å². The molecular weight excluding hydrogens is 378 g/mol. The van der Waals surface area contributed by atoms with Gasteiger partial charge in [0.05, 0.1) is 24.2 Å². The molecule has 4 heterocycles. The van der Waals surface area contributed by atoms with Crippen molar-refractivity contribution >= 4 is 10.0 Å². The molecule has 3 aromatic rings. The second-order valence-corrected chi connectivity index (χ2v) is 9.15. The van der Waals surface area contributed by atoms with E-state index < -0.39 is 15.6 Å². The number of rotatable bonds is 3. The number of H-pyrrole nitrogens is 1. The number of sulfonamides is 1. The first-order valence-corrected chi connectivity index (χ1v) is 10.8. The normalized spacial score (nSPS) is 19.6. The van der Waals surface area contributed by atoms with Crippen LogP contribution in [0.25, 0.3) is 5.69 Å². The second-order valence-electron chi connectivity index (χ2n) is 7.21. The van der Waals surface area contributed by atoms with Crippen LogP contribution in [-0.4, -0.2) is 52.4 Å². The number of aromatic amines is 1. The molecule has 28 heavy (non-hydrogen) atoms. The molecule has 1 fully saturated rings. The molecule has 0 aliphatic carbocycles. The Kier molecular flexibility index (Phi) is 4.11. The van der Waals surface area contributed by atoms with Gasteiger partial charge in [0.25, 0.3) is 0 Å². The molecular formula is C19H21N5O3S. The number of piperidine rings is 1. The van der Waals surface area contributed by atoms with Crippen molar-refractivity contribution in [3.8, 4) is 5.69 Å². The van der Waals surface area contributed by atoms with Gasteiger partial charge >= 0.3 is 0 Å². The second kappa shape index (κ2) is 6.54. The minimum Gasteiger partial charge on any atom is -0.368 e. The van der Waals surface area contributed by atoms with Crippen molar-refractivity contribution in [2.45, 2.75) is 29.8 Å². The Labute approximate surface area is 163 Å². The highest BCUT2D eigenvalue weighted by Gasteiger charge is 2.45. The van der Waals surface area contributed by atoms with Crippen molar-refractivity contribution in [3.05, 3.63) is 60.2 Å². The predicted molar refractivity (Wildman–Crippen MR) is 101 cm³/mol. The monoisotopic (exact) mass is 399 g/mol. The molecule has 2 aromatic heterocycles. The molecule has 9 heteroatoms. The number of nitrogens with zero attached hydrogens (tertiary/aromatic N) is 4. The van der Waals surface area contributed by atoms with Crippen molar-refractivity contribution in [2.75, 3.05) is 19.7 Å². The van der Waals surface area contributed by atoms with E-state index in [1.165, 1.54) is 22.3 Å². The van der Waals surface area contributed by atoms with Gasteiger partial charge in [-0.1, -0.05) is 18.2 Å². The van der Waals surface area contributed by atoms with Crippen LogP contribution < -0.4 is 0 Å². The van der Waals surface area contributed by atoms with Gasteiger partial charge < -0.3 is 4.74 Å². The van der Waals surface area contributed by atoms with Crippen molar-refractivity contribution in [1.29, 1.82) is 0 Å². The number of fused-ring (bicyclic) bond motifs is 2.